The third-order valence-electron chi connectivity index (χ3n) is 1.42. The summed E-state index contributed by atoms with van der Waals surface area (Å²) in [6.07, 6.45) is -6.84. The molecular formula is C7H16O6. The molecule has 13 heavy (non-hydrogen) atoms. The first-order valence-electron chi connectivity index (χ1n) is 3.33. The predicted molar refractivity (Wildman–Crippen MR) is 43.9 cm³/mol. The number of aldehydes is 1. The topological polar surface area (TPSA) is 118 Å². The number of hydrogen-bond acceptors (Lipinski definition) is 6. The Morgan fingerprint density at radius 1 is 1.08 bits per heavy atom. The lowest BCUT2D eigenvalue weighted by molar-refractivity contribution is -0.136. The molecule has 0 aromatic carbocycles. The SMILES string of the molecule is C.O=CC(O)C(O)C(O)C(O)CO. The van der Waals surface area contributed by atoms with Crippen LogP contribution < -0.4 is 0 Å². The molecule has 0 saturated carbocycles. The van der Waals surface area contributed by atoms with Crippen molar-refractivity contribution in [1.82, 2.24) is 0 Å². The minimum Gasteiger partial charge on any atom is -0.394 e. The number of aliphatic hydroxyl groups excluding tert-OH is 5. The summed E-state index contributed by atoms with van der Waals surface area (Å²) in [5.41, 5.74) is 0. The predicted octanol–water partition coefficient (Wildman–Crippen LogP) is -2.74. The Labute approximate surface area is 76.1 Å². The van der Waals surface area contributed by atoms with Crippen LogP contribution in [0.25, 0.3) is 0 Å². The number of carbonyl (C=O) groups is 1. The molecule has 0 aromatic heterocycles. The molecule has 0 saturated heterocycles. The zero-order valence-corrected chi connectivity index (χ0v) is 6.24. The fourth-order valence-corrected chi connectivity index (χ4v) is 0.618. The largest absolute Gasteiger partial charge is 0.394 e. The van der Waals surface area contributed by atoms with Gasteiger partial charge in [-0.15, -0.1) is 0 Å². The van der Waals surface area contributed by atoms with E-state index in [4.69, 9.17) is 25.5 Å². The van der Waals surface area contributed by atoms with Crippen molar-refractivity contribution < 1.29 is 30.3 Å². The Hall–Kier alpha value is -0.530. The fourth-order valence-electron chi connectivity index (χ4n) is 0.618. The second-order valence-corrected chi connectivity index (χ2v) is 2.36. The molecule has 0 aliphatic heterocycles. The van der Waals surface area contributed by atoms with Gasteiger partial charge in [0.15, 0.2) is 6.29 Å². The summed E-state index contributed by atoms with van der Waals surface area (Å²) in [7, 11) is 0. The molecule has 6 heteroatoms. The van der Waals surface area contributed by atoms with Crippen molar-refractivity contribution in [1.29, 1.82) is 0 Å². The Morgan fingerprint density at radius 3 is 1.85 bits per heavy atom. The molecule has 0 aliphatic carbocycles. The number of rotatable bonds is 5. The number of carbonyl (C=O) groups excluding carboxylic acids is 1. The van der Waals surface area contributed by atoms with Gasteiger partial charge in [-0.05, 0) is 0 Å². The molecule has 0 aromatic rings. The third kappa shape index (κ3) is 4.30. The van der Waals surface area contributed by atoms with Crippen LogP contribution in [0.5, 0.6) is 0 Å². The van der Waals surface area contributed by atoms with E-state index in [0.717, 1.165) is 0 Å². The van der Waals surface area contributed by atoms with Crippen LogP contribution in [-0.2, 0) is 4.79 Å². The molecule has 5 N–H and O–H groups in total. The van der Waals surface area contributed by atoms with Crippen molar-refractivity contribution in [2.24, 2.45) is 0 Å². The molecule has 80 valence electrons. The molecule has 0 heterocycles. The summed E-state index contributed by atoms with van der Waals surface area (Å²) in [5, 5.41) is 43.5. The molecule has 0 amide bonds. The van der Waals surface area contributed by atoms with E-state index in [9.17, 15) is 4.79 Å². The summed E-state index contributed by atoms with van der Waals surface area (Å²) >= 11 is 0. The summed E-state index contributed by atoms with van der Waals surface area (Å²) in [4.78, 5) is 9.90. The van der Waals surface area contributed by atoms with Gasteiger partial charge in [0.2, 0.25) is 0 Å². The smallest absolute Gasteiger partial charge is 0.151 e. The van der Waals surface area contributed by atoms with Gasteiger partial charge in [0.25, 0.3) is 0 Å². The van der Waals surface area contributed by atoms with Crippen LogP contribution in [0.1, 0.15) is 7.43 Å². The maximum Gasteiger partial charge on any atom is 0.151 e. The molecule has 0 fully saturated rings. The summed E-state index contributed by atoms with van der Waals surface area (Å²) in [5.74, 6) is 0. The van der Waals surface area contributed by atoms with Crippen LogP contribution in [0.3, 0.4) is 0 Å². The first-order chi connectivity index (χ1) is 5.54. The van der Waals surface area contributed by atoms with E-state index in [1.807, 2.05) is 0 Å². The molecule has 0 spiro atoms. The Morgan fingerprint density at radius 2 is 1.54 bits per heavy atom. The standard InChI is InChI=1S/C6H12O6.CH4/c7-1-3(9)5(11)6(12)4(10)2-8;/h1,3-6,8-12H,2H2;1H4. The van der Waals surface area contributed by atoms with Crippen LogP contribution in [0.2, 0.25) is 0 Å². The second kappa shape index (κ2) is 6.93. The van der Waals surface area contributed by atoms with Gasteiger partial charge >= 0.3 is 0 Å². The van der Waals surface area contributed by atoms with Gasteiger partial charge in [0, 0.05) is 0 Å². The van der Waals surface area contributed by atoms with Crippen LogP contribution in [0, 0.1) is 0 Å². The normalized spacial score (nSPS) is 19.5. The quantitative estimate of drug-likeness (QED) is 0.304. The second-order valence-electron chi connectivity index (χ2n) is 2.36. The highest BCUT2D eigenvalue weighted by molar-refractivity contribution is 5.56. The van der Waals surface area contributed by atoms with Gasteiger partial charge in [-0.3, -0.25) is 0 Å². The highest BCUT2D eigenvalue weighted by Crippen LogP contribution is 2.02. The fraction of sp³-hybridized carbons (Fsp3) is 0.857. The van der Waals surface area contributed by atoms with Crippen molar-refractivity contribution in [2.45, 2.75) is 31.8 Å². The van der Waals surface area contributed by atoms with Crippen molar-refractivity contribution in [2.75, 3.05) is 6.61 Å². The maximum absolute atomic E-state index is 9.90. The first kappa shape index (κ1) is 15.0. The number of hydrogen-bond donors (Lipinski definition) is 5. The van der Waals surface area contributed by atoms with Crippen molar-refractivity contribution >= 4 is 6.29 Å². The molecule has 0 bridgehead atoms. The summed E-state index contributed by atoms with van der Waals surface area (Å²) in [6, 6.07) is 0. The van der Waals surface area contributed by atoms with Gasteiger partial charge < -0.3 is 30.3 Å². The Balaban J connectivity index is 0. The van der Waals surface area contributed by atoms with Crippen molar-refractivity contribution in [3.05, 3.63) is 0 Å². The van der Waals surface area contributed by atoms with E-state index in [1.54, 1.807) is 0 Å². The summed E-state index contributed by atoms with van der Waals surface area (Å²) < 4.78 is 0. The van der Waals surface area contributed by atoms with Crippen LogP contribution in [0.4, 0.5) is 0 Å². The Kier molecular flexibility index (Phi) is 7.98. The van der Waals surface area contributed by atoms with E-state index < -0.39 is 31.0 Å². The van der Waals surface area contributed by atoms with Crippen LogP contribution in [0.15, 0.2) is 0 Å². The van der Waals surface area contributed by atoms with Gasteiger partial charge in [0.05, 0.1) is 6.61 Å². The maximum atomic E-state index is 9.90. The van der Waals surface area contributed by atoms with Gasteiger partial charge in [0.1, 0.15) is 24.4 Å². The van der Waals surface area contributed by atoms with E-state index in [1.165, 1.54) is 0 Å². The van der Waals surface area contributed by atoms with E-state index in [0.29, 0.717) is 0 Å². The highest BCUT2D eigenvalue weighted by atomic mass is 16.4. The minimum atomic E-state index is -1.79. The zero-order valence-electron chi connectivity index (χ0n) is 6.24. The van der Waals surface area contributed by atoms with Crippen LogP contribution >= 0.6 is 0 Å². The summed E-state index contributed by atoms with van der Waals surface area (Å²) in [6.45, 7) is -0.760. The monoisotopic (exact) mass is 196 g/mol. The van der Waals surface area contributed by atoms with Gasteiger partial charge in [-0.25, -0.2) is 0 Å². The van der Waals surface area contributed by atoms with E-state index in [2.05, 4.69) is 0 Å². The molecule has 4 unspecified atom stereocenters. The molecule has 4 atom stereocenters. The average molecular weight is 196 g/mol. The lowest BCUT2D eigenvalue weighted by atomic mass is 10.0. The third-order valence-corrected chi connectivity index (χ3v) is 1.42. The molecule has 0 aliphatic rings. The van der Waals surface area contributed by atoms with Crippen LogP contribution in [-0.4, -0.2) is 62.8 Å². The van der Waals surface area contributed by atoms with E-state index in [-0.39, 0.29) is 13.7 Å². The lowest BCUT2D eigenvalue weighted by Crippen LogP contribution is -2.46. The molecule has 0 radical (unpaired) electrons. The van der Waals surface area contributed by atoms with Crippen molar-refractivity contribution in [3.63, 3.8) is 0 Å². The van der Waals surface area contributed by atoms with Gasteiger partial charge in [-0.2, -0.15) is 0 Å². The van der Waals surface area contributed by atoms with Gasteiger partial charge in [-0.1, -0.05) is 7.43 Å². The van der Waals surface area contributed by atoms with E-state index >= 15 is 0 Å². The zero-order chi connectivity index (χ0) is 9.72. The molecule has 0 rings (SSSR count). The Bertz CT molecular complexity index is 139. The average Bonchev–Trinajstić information content (AvgIpc) is 2.12. The van der Waals surface area contributed by atoms with Crippen molar-refractivity contribution in [3.8, 4) is 0 Å². The molecular weight excluding hydrogens is 180 g/mol. The lowest BCUT2D eigenvalue weighted by Gasteiger charge is -2.22. The first-order valence-corrected chi connectivity index (χ1v) is 3.33. The molecule has 6 nitrogen and oxygen atoms in total. The minimum absolute atomic E-state index is 0. The number of aliphatic hydroxyl groups is 5. The highest BCUT2D eigenvalue weighted by Gasteiger charge is 2.29.